The molecule has 0 spiro atoms. The van der Waals surface area contributed by atoms with E-state index in [4.69, 9.17) is 0 Å². The Morgan fingerprint density at radius 2 is 1.26 bits per heavy atom. The Morgan fingerprint density at radius 3 is 1.79 bits per heavy atom. The Bertz CT molecular complexity index is 1240. The van der Waals surface area contributed by atoms with Crippen molar-refractivity contribution in [3.05, 3.63) is 84.9 Å². The summed E-state index contributed by atoms with van der Waals surface area (Å²) in [5.41, 5.74) is -4.42. The van der Waals surface area contributed by atoms with Gasteiger partial charge in [0, 0.05) is 47.7 Å². The van der Waals surface area contributed by atoms with Gasteiger partial charge in [-0.1, -0.05) is 12.1 Å². The Labute approximate surface area is 188 Å². The fraction of sp³-hybridized carbons (Fsp3) is 0.136. The average Bonchev–Trinajstić information content (AvgIpc) is 3.22. The van der Waals surface area contributed by atoms with Crippen LogP contribution in [0.25, 0.3) is 16.9 Å². The highest BCUT2D eigenvalue weighted by Crippen LogP contribution is 2.50. The molecule has 0 saturated heterocycles. The van der Waals surface area contributed by atoms with Crippen LogP contribution in [0.15, 0.2) is 79.4 Å². The maximum Gasteiger partial charge on any atom is 0.430 e. The highest BCUT2D eigenvalue weighted by atomic mass is 19.4. The number of nitrogens with one attached hydrogen (secondary N) is 1. The lowest BCUT2D eigenvalue weighted by atomic mass is 9.92. The van der Waals surface area contributed by atoms with Crippen molar-refractivity contribution >= 4 is 11.5 Å². The van der Waals surface area contributed by atoms with Gasteiger partial charge in [0.1, 0.15) is 5.82 Å². The third-order valence-corrected chi connectivity index (χ3v) is 4.99. The molecular weight excluding hydrogens is 464 g/mol. The zero-order valence-corrected chi connectivity index (χ0v) is 17.0. The highest BCUT2D eigenvalue weighted by molar-refractivity contribution is 5.67. The molecule has 0 aliphatic heterocycles. The van der Waals surface area contributed by atoms with Crippen molar-refractivity contribution in [2.45, 2.75) is 18.0 Å². The van der Waals surface area contributed by atoms with E-state index in [0.29, 0.717) is 34.9 Å². The molecule has 0 amide bonds. The van der Waals surface area contributed by atoms with Gasteiger partial charge in [-0.15, -0.1) is 0 Å². The van der Waals surface area contributed by atoms with E-state index in [0.717, 1.165) is 12.1 Å². The standard InChI is InChI=1S/C22H15F6N5O/c23-21(24,25)20(34,22(26,27)28)15-1-3-17(4-2-15)33-19(31-16-7-11-30-12-8-16)13-18(32-33)14-5-9-29-10-6-14/h1-13,34H,(H,30,31). The molecule has 3 aromatic heterocycles. The van der Waals surface area contributed by atoms with E-state index in [1.54, 1.807) is 42.7 Å². The molecule has 6 nitrogen and oxygen atoms in total. The van der Waals surface area contributed by atoms with Crippen molar-refractivity contribution in [1.29, 1.82) is 0 Å². The summed E-state index contributed by atoms with van der Waals surface area (Å²) in [6, 6.07) is 11.5. The van der Waals surface area contributed by atoms with Gasteiger partial charge in [-0.3, -0.25) is 9.97 Å². The summed E-state index contributed by atoms with van der Waals surface area (Å²) in [5.74, 6) is 0.382. The largest absolute Gasteiger partial charge is 0.430 e. The van der Waals surface area contributed by atoms with Crippen LogP contribution in [0.1, 0.15) is 5.56 Å². The van der Waals surface area contributed by atoms with Crippen LogP contribution in [-0.4, -0.2) is 37.2 Å². The zero-order chi connectivity index (χ0) is 24.6. The van der Waals surface area contributed by atoms with Gasteiger partial charge in [0.15, 0.2) is 0 Å². The van der Waals surface area contributed by atoms with E-state index in [1.165, 1.54) is 17.1 Å². The summed E-state index contributed by atoms with van der Waals surface area (Å²) < 4.78 is 80.5. The Balaban J connectivity index is 1.78. The van der Waals surface area contributed by atoms with E-state index in [9.17, 15) is 31.4 Å². The van der Waals surface area contributed by atoms with Gasteiger partial charge in [-0.2, -0.15) is 31.4 Å². The number of halogens is 6. The van der Waals surface area contributed by atoms with E-state index in [2.05, 4.69) is 20.4 Å². The summed E-state index contributed by atoms with van der Waals surface area (Å²) in [6.45, 7) is 0. The van der Waals surface area contributed by atoms with Gasteiger partial charge in [-0.25, -0.2) is 4.68 Å². The molecule has 0 aliphatic rings. The maximum atomic E-state index is 13.2. The number of aliphatic hydroxyl groups is 1. The lowest BCUT2D eigenvalue weighted by Crippen LogP contribution is -2.53. The zero-order valence-electron chi connectivity index (χ0n) is 17.0. The lowest BCUT2D eigenvalue weighted by molar-refractivity contribution is -0.376. The molecule has 0 bridgehead atoms. The van der Waals surface area contributed by atoms with Crippen LogP contribution in [0, 0.1) is 0 Å². The number of nitrogens with zero attached hydrogens (tertiary/aromatic N) is 4. The van der Waals surface area contributed by atoms with Crippen LogP contribution in [0.3, 0.4) is 0 Å². The second-order valence-corrected chi connectivity index (χ2v) is 7.18. The molecule has 12 heteroatoms. The topological polar surface area (TPSA) is 75.9 Å². The van der Waals surface area contributed by atoms with E-state index in [-0.39, 0.29) is 5.69 Å². The molecule has 0 aliphatic carbocycles. The van der Waals surface area contributed by atoms with Crippen molar-refractivity contribution in [1.82, 2.24) is 19.7 Å². The second-order valence-electron chi connectivity index (χ2n) is 7.18. The van der Waals surface area contributed by atoms with Gasteiger partial charge >= 0.3 is 12.4 Å². The van der Waals surface area contributed by atoms with Crippen molar-refractivity contribution < 1.29 is 31.4 Å². The highest BCUT2D eigenvalue weighted by Gasteiger charge is 2.71. The van der Waals surface area contributed by atoms with Gasteiger partial charge in [-0.05, 0) is 36.4 Å². The number of alkyl halides is 6. The minimum Gasteiger partial charge on any atom is -0.369 e. The molecule has 0 fully saturated rings. The monoisotopic (exact) mass is 479 g/mol. The number of aromatic nitrogens is 4. The van der Waals surface area contributed by atoms with Gasteiger partial charge in [0.2, 0.25) is 0 Å². The molecule has 0 saturated carbocycles. The molecule has 176 valence electrons. The molecule has 3 heterocycles. The summed E-state index contributed by atoms with van der Waals surface area (Å²) in [7, 11) is 0. The fourth-order valence-electron chi connectivity index (χ4n) is 3.25. The molecule has 0 radical (unpaired) electrons. The quantitative estimate of drug-likeness (QED) is 0.376. The molecule has 4 rings (SSSR count). The summed E-state index contributed by atoms with van der Waals surface area (Å²) in [6.07, 6.45) is -5.77. The third-order valence-electron chi connectivity index (χ3n) is 4.99. The van der Waals surface area contributed by atoms with Gasteiger partial charge in [0.25, 0.3) is 5.60 Å². The third kappa shape index (κ3) is 4.19. The van der Waals surface area contributed by atoms with E-state index in [1.807, 2.05) is 0 Å². The van der Waals surface area contributed by atoms with Gasteiger partial charge in [0.05, 0.1) is 11.4 Å². The normalized spacial score (nSPS) is 12.6. The van der Waals surface area contributed by atoms with Crippen molar-refractivity contribution in [2.24, 2.45) is 0 Å². The number of hydrogen-bond acceptors (Lipinski definition) is 5. The number of anilines is 2. The number of rotatable bonds is 5. The predicted octanol–water partition coefficient (Wildman–Crippen LogP) is 5.39. The summed E-state index contributed by atoms with van der Waals surface area (Å²) >= 11 is 0. The van der Waals surface area contributed by atoms with Crippen LogP contribution < -0.4 is 5.32 Å². The molecule has 0 unspecified atom stereocenters. The number of pyridine rings is 2. The first kappa shape index (κ1) is 23.2. The molecular formula is C22H15F6N5O. The van der Waals surface area contributed by atoms with Gasteiger partial charge < -0.3 is 10.4 Å². The first-order valence-electron chi connectivity index (χ1n) is 9.65. The average molecular weight is 479 g/mol. The molecule has 4 aromatic rings. The van der Waals surface area contributed by atoms with E-state index >= 15 is 0 Å². The molecule has 34 heavy (non-hydrogen) atoms. The Hall–Kier alpha value is -3.93. The SMILES string of the molecule is OC(c1ccc(-n2nc(-c3ccncc3)cc2Nc2ccncc2)cc1)(C(F)(F)F)C(F)(F)F. The first-order valence-corrected chi connectivity index (χ1v) is 9.65. The Morgan fingerprint density at radius 1 is 0.735 bits per heavy atom. The summed E-state index contributed by atoms with van der Waals surface area (Å²) in [5, 5.41) is 17.2. The van der Waals surface area contributed by atoms with Crippen LogP contribution >= 0.6 is 0 Å². The summed E-state index contributed by atoms with van der Waals surface area (Å²) in [4.78, 5) is 7.85. The van der Waals surface area contributed by atoms with Crippen LogP contribution in [0.2, 0.25) is 0 Å². The molecule has 1 aromatic carbocycles. The van der Waals surface area contributed by atoms with Crippen molar-refractivity contribution in [3.63, 3.8) is 0 Å². The minimum atomic E-state index is -5.97. The predicted molar refractivity (Wildman–Crippen MR) is 110 cm³/mol. The van der Waals surface area contributed by atoms with E-state index < -0.39 is 23.5 Å². The Kier molecular flexibility index (Phi) is 5.77. The molecule has 2 N–H and O–H groups in total. The van der Waals surface area contributed by atoms with Crippen LogP contribution in [0.5, 0.6) is 0 Å². The first-order chi connectivity index (χ1) is 16.0. The van der Waals surface area contributed by atoms with Crippen molar-refractivity contribution in [2.75, 3.05) is 5.32 Å². The minimum absolute atomic E-state index is 0.160. The van der Waals surface area contributed by atoms with Crippen LogP contribution in [0.4, 0.5) is 37.8 Å². The number of benzene rings is 1. The molecule has 0 atom stereocenters. The fourth-order valence-corrected chi connectivity index (χ4v) is 3.25. The number of hydrogen-bond donors (Lipinski definition) is 2. The maximum absolute atomic E-state index is 13.2. The smallest absolute Gasteiger partial charge is 0.369 e. The second kappa shape index (κ2) is 8.45. The van der Waals surface area contributed by atoms with Crippen molar-refractivity contribution in [3.8, 4) is 16.9 Å². The lowest BCUT2D eigenvalue weighted by Gasteiger charge is -2.32. The van der Waals surface area contributed by atoms with Crippen LogP contribution in [-0.2, 0) is 5.60 Å².